The van der Waals surface area contributed by atoms with Gasteiger partial charge in [0.25, 0.3) is 0 Å². The van der Waals surface area contributed by atoms with Crippen molar-refractivity contribution in [3.63, 3.8) is 0 Å². The monoisotopic (exact) mass is 383 g/mol. The summed E-state index contributed by atoms with van der Waals surface area (Å²) < 4.78 is 12.5. The minimum Gasteiger partial charge on any atom is -0.494 e. The van der Waals surface area contributed by atoms with Crippen LogP contribution in [0.3, 0.4) is 0 Å². The predicted octanol–water partition coefficient (Wildman–Crippen LogP) is 4.11. The molecule has 4 heteroatoms. The van der Waals surface area contributed by atoms with E-state index in [1.807, 2.05) is 48.5 Å². The fourth-order valence-electron chi connectivity index (χ4n) is 1.68. The van der Waals surface area contributed by atoms with E-state index in [1.54, 1.807) is 0 Å². The number of unbranched alkanes of at least 4 members (excludes halogenated alkanes) is 1. The first kappa shape index (κ1) is 15.0. The molecule has 2 aromatic carbocycles. The van der Waals surface area contributed by atoms with Crippen LogP contribution in [0.1, 0.15) is 12.8 Å². The fourth-order valence-corrected chi connectivity index (χ4v) is 2.04. The predicted molar refractivity (Wildman–Crippen MR) is 90.2 cm³/mol. The van der Waals surface area contributed by atoms with Crippen molar-refractivity contribution in [3.05, 3.63) is 52.1 Å². The molecule has 0 aliphatic rings. The zero-order chi connectivity index (χ0) is 14.2. The molecule has 0 aliphatic heterocycles. The molecule has 0 spiro atoms. The van der Waals surface area contributed by atoms with Crippen LogP contribution < -0.4 is 15.2 Å². The lowest BCUT2D eigenvalue weighted by Gasteiger charge is -2.08. The van der Waals surface area contributed by atoms with Crippen LogP contribution in [0.25, 0.3) is 0 Å². The third-order valence-electron chi connectivity index (χ3n) is 2.77. The molecule has 0 aromatic heterocycles. The summed E-state index contributed by atoms with van der Waals surface area (Å²) in [6.07, 6.45) is 1.94. The first-order valence-electron chi connectivity index (χ1n) is 6.61. The molecule has 3 nitrogen and oxygen atoms in total. The minimum absolute atomic E-state index is 0.694. The first-order chi connectivity index (χ1) is 9.74. The average Bonchev–Trinajstić information content (AvgIpc) is 2.46. The standard InChI is InChI=1S/C16H18INO2/c17-13-3-7-15(8-4-13)19-11-1-2-12-20-16-9-5-14(18)6-10-16/h3-10H,1-2,11-12,18H2. The Morgan fingerprint density at radius 1 is 0.750 bits per heavy atom. The molecule has 0 heterocycles. The highest BCUT2D eigenvalue weighted by molar-refractivity contribution is 14.1. The minimum atomic E-state index is 0.694. The van der Waals surface area contributed by atoms with Gasteiger partial charge in [0, 0.05) is 9.26 Å². The van der Waals surface area contributed by atoms with Gasteiger partial charge in [-0.1, -0.05) is 0 Å². The molecule has 0 fully saturated rings. The van der Waals surface area contributed by atoms with E-state index in [0.717, 1.165) is 30.0 Å². The van der Waals surface area contributed by atoms with Gasteiger partial charge in [-0.05, 0) is 84.0 Å². The van der Waals surface area contributed by atoms with Gasteiger partial charge in [0.2, 0.25) is 0 Å². The molecule has 20 heavy (non-hydrogen) atoms. The van der Waals surface area contributed by atoms with Crippen LogP contribution >= 0.6 is 22.6 Å². The second-order valence-corrected chi connectivity index (χ2v) is 5.67. The van der Waals surface area contributed by atoms with Crippen molar-refractivity contribution >= 4 is 28.3 Å². The van der Waals surface area contributed by atoms with E-state index in [1.165, 1.54) is 3.57 Å². The number of halogens is 1. The van der Waals surface area contributed by atoms with E-state index in [9.17, 15) is 0 Å². The van der Waals surface area contributed by atoms with Gasteiger partial charge in [0.05, 0.1) is 13.2 Å². The number of nitrogens with two attached hydrogens (primary N) is 1. The summed E-state index contributed by atoms with van der Waals surface area (Å²) in [6, 6.07) is 15.5. The van der Waals surface area contributed by atoms with Crippen molar-refractivity contribution < 1.29 is 9.47 Å². The zero-order valence-electron chi connectivity index (χ0n) is 11.2. The van der Waals surface area contributed by atoms with E-state index in [0.29, 0.717) is 13.2 Å². The van der Waals surface area contributed by atoms with Crippen molar-refractivity contribution in [2.75, 3.05) is 18.9 Å². The van der Waals surface area contributed by atoms with Crippen LogP contribution in [0.4, 0.5) is 5.69 Å². The highest BCUT2D eigenvalue weighted by atomic mass is 127. The van der Waals surface area contributed by atoms with Crippen LogP contribution in [0, 0.1) is 3.57 Å². The Morgan fingerprint density at radius 3 is 1.70 bits per heavy atom. The van der Waals surface area contributed by atoms with Crippen LogP contribution in [0.2, 0.25) is 0 Å². The Bertz CT molecular complexity index is 462. The summed E-state index contributed by atoms with van der Waals surface area (Å²) >= 11 is 2.28. The molecule has 106 valence electrons. The van der Waals surface area contributed by atoms with Gasteiger partial charge in [-0.3, -0.25) is 0 Å². The number of hydrogen-bond acceptors (Lipinski definition) is 3. The van der Waals surface area contributed by atoms with Crippen molar-refractivity contribution in [3.8, 4) is 11.5 Å². The molecular weight excluding hydrogens is 365 g/mol. The van der Waals surface area contributed by atoms with Crippen molar-refractivity contribution in [2.45, 2.75) is 12.8 Å². The summed E-state index contributed by atoms with van der Waals surface area (Å²) in [4.78, 5) is 0. The Kier molecular flexibility index (Phi) is 5.98. The lowest BCUT2D eigenvalue weighted by atomic mass is 10.3. The number of anilines is 1. The third-order valence-corrected chi connectivity index (χ3v) is 3.49. The summed E-state index contributed by atoms with van der Waals surface area (Å²) in [5.74, 6) is 1.78. The summed E-state index contributed by atoms with van der Waals surface area (Å²) in [7, 11) is 0. The fraction of sp³-hybridized carbons (Fsp3) is 0.250. The van der Waals surface area contributed by atoms with Crippen LogP contribution in [-0.2, 0) is 0 Å². The van der Waals surface area contributed by atoms with E-state index in [4.69, 9.17) is 15.2 Å². The smallest absolute Gasteiger partial charge is 0.119 e. The summed E-state index contributed by atoms with van der Waals surface area (Å²) in [5, 5.41) is 0. The topological polar surface area (TPSA) is 44.5 Å². The number of nitrogen functional groups attached to an aromatic ring is 1. The van der Waals surface area contributed by atoms with E-state index >= 15 is 0 Å². The number of hydrogen-bond donors (Lipinski definition) is 1. The van der Waals surface area contributed by atoms with Gasteiger partial charge >= 0.3 is 0 Å². The van der Waals surface area contributed by atoms with E-state index < -0.39 is 0 Å². The zero-order valence-corrected chi connectivity index (χ0v) is 13.4. The lowest BCUT2D eigenvalue weighted by molar-refractivity contribution is 0.266. The molecule has 2 aromatic rings. The molecule has 2 N–H and O–H groups in total. The van der Waals surface area contributed by atoms with Gasteiger partial charge in [0.15, 0.2) is 0 Å². The molecule has 0 radical (unpaired) electrons. The third kappa shape index (κ3) is 5.28. The van der Waals surface area contributed by atoms with Crippen molar-refractivity contribution in [1.29, 1.82) is 0 Å². The Labute approximate surface area is 133 Å². The SMILES string of the molecule is Nc1ccc(OCCCCOc2ccc(I)cc2)cc1. The highest BCUT2D eigenvalue weighted by Crippen LogP contribution is 2.15. The number of rotatable bonds is 7. The number of benzene rings is 2. The molecule has 0 aliphatic carbocycles. The second kappa shape index (κ2) is 7.99. The molecule has 0 saturated carbocycles. The Hall–Kier alpha value is -1.43. The highest BCUT2D eigenvalue weighted by Gasteiger charge is 1.96. The van der Waals surface area contributed by atoms with Crippen LogP contribution in [0.5, 0.6) is 11.5 Å². The van der Waals surface area contributed by atoms with Crippen molar-refractivity contribution in [1.82, 2.24) is 0 Å². The maximum atomic E-state index is 5.65. The largest absolute Gasteiger partial charge is 0.494 e. The molecule has 0 atom stereocenters. The van der Waals surface area contributed by atoms with E-state index in [2.05, 4.69) is 22.6 Å². The lowest BCUT2D eigenvalue weighted by Crippen LogP contribution is -2.02. The van der Waals surface area contributed by atoms with E-state index in [-0.39, 0.29) is 0 Å². The van der Waals surface area contributed by atoms with Gasteiger partial charge in [-0.15, -0.1) is 0 Å². The first-order valence-corrected chi connectivity index (χ1v) is 7.68. The van der Waals surface area contributed by atoms with Gasteiger partial charge < -0.3 is 15.2 Å². The van der Waals surface area contributed by atoms with Crippen LogP contribution in [0.15, 0.2) is 48.5 Å². The van der Waals surface area contributed by atoms with Gasteiger partial charge in [-0.2, -0.15) is 0 Å². The normalized spacial score (nSPS) is 10.2. The molecule has 2 rings (SSSR count). The average molecular weight is 383 g/mol. The quantitative estimate of drug-likeness (QED) is 0.445. The maximum Gasteiger partial charge on any atom is 0.119 e. The Morgan fingerprint density at radius 2 is 1.20 bits per heavy atom. The molecule has 0 bridgehead atoms. The van der Waals surface area contributed by atoms with Crippen molar-refractivity contribution in [2.24, 2.45) is 0 Å². The van der Waals surface area contributed by atoms with Gasteiger partial charge in [0.1, 0.15) is 11.5 Å². The van der Waals surface area contributed by atoms with Gasteiger partial charge in [-0.25, -0.2) is 0 Å². The molecule has 0 saturated heterocycles. The summed E-state index contributed by atoms with van der Waals surface area (Å²) in [6.45, 7) is 1.41. The second-order valence-electron chi connectivity index (χ2n) is 4.43. The summed E-state index contributed by atoms with van der Waals surface area (Å²) in [5.41, 5.74) is 6.37. The molecule has 0 unspecified atom stereocenters. The maximum absolute atomic E-state index is 5.65. The number of ether oxygens (including phenoxy) is 2. The molecule has 0 amide bonds. The van der Waals surface area contributed by atoms with Crippen LogP contribution in [-0.4, -0.2) is 13.2 Å². The molecular formula is C16H18INO2. The Balaban J connectivity index is 1.57.